The topological polar surface area (TPSA) is 159 Å². The number of halogens is 3. The second kappa shape index (κ2) is 12.5. The Morgan fingerprint density at radius 1 is 1.11 bits per heavy atom. The quantitative estimate of drug-likeness (QED) is 0.256. The van der Waals surface area contributed by atoms with Crippen molar-refractivity contribution in [2.45, 2.75) is 39.0 Å². The van der Waals surface area contributed by atoms with Crippen LogP contribution in [0, 0.1) is 6.92 Å². The fourth-order valence-corrected chi connectivity index (χ4v) is 5.68. The molecule has 3 aromatic heterocycles. The van der Waals surface area contributed by atoms with Crippen LogP contribution < -0.4 is 26.0 Å². The molecule has 0 spiro atoms. The highest BCUT2D eigenvalue weighted by Gasteiger charge is 2.32. The summed E-state index contributed by atoms with van der Waals surface area (Å²) in [6.45, 7) is 5.14. The number of pyridine rings is 1. The van der Waals surface area contributed by atoms with Gasteiger partial charge < -0.3 is 34.8 Å². The lowest BCUT2D eigenvalue weighted by atomic mass is 10.1. The molecular formula is C30H32F3N9O5. The molecule has 2 amide bonds. The number of amides is 2. The predicted octanol–water partition coefficient (Wildman–Crippen LogP) is 1.98. The van der Waals surface area contributed by atoms with E-state index < -0.39 is 29.1 Å². The van der Waals surface area contributed by atoms with E-state index in [2.05, 4.69) is 25.7 Å². The van der Waals surface area contributed by atoms with E-state index in [0.717, 1.165) is 16.6 Å². The summed E-state index contributed by atoms with van der Waals surface area (Å²) < 4.78 is 47.2. The summed E-state index contributed by atoms with van der Waals surface area (Å²) >= 11 is 0. The second-order valence-electron chi connectivity index (χ2n) is 11.3. The number of aromatic nitrogens is 5. The summed E-state index contributed by atoms with van der Waals surface area (Å²) in [5.41, 5.74) is -0.228. The van der Waals surface area contributed by atoms with Crippen molar-refractivity contribution < 1.29 is 32.6 Å². The van der Waals surface area contributed by atoms with Gasteiger partial charge in [-0.15, -0.1) is 5.10 Å². The molecule has 2 aliphatic rings. The first kappa shape index (κ1) is 31.8. The van der Waals surface area contributed by atoms with Gasteiger partial charge in [0.15, 0.2) is 11.6 Å². The molecule has 6 rings (SSSR count). The van der Waals surface area contributed by atoms with E-state index >= 15 is 0 Å². The van der Waals surface area contributed by atoms with Gasteiger partial charge in [-0.25, -0.2) is 4.98 Å². The van der Waals surface area contributed by atoms with Crippen LogP contribution in [0.1, 0.15) is 34.4 Å². The van der Waals surface area contributed by atoms with Crippen LogP contribution >= 0.6 is 0 Å². The highest BCUT2D eigenvalue weighted by Crippen LogP contribution is 2.32. The average Bonchev–Trinajstić information content (AvgIpc) is 3.47. The van der Waals surface area contributed by atoms with Crippen molar-refractivity contribution in [3.8, 4) is 5.75 Å². The number of rotatable bonds is 8. The molecule has 2 fully saturated rings. The maximum Gasteiger partial charge on any atom is 0.416 e. The summed E-state index contributed by atoms with van der Waals surface area (Å²) in [5, 5.41) is 19.9. The van der Waals surface area contributed by atoms with Crippen molar-refractivity contribution in [3.05, 3.63) is 69.5 Å². The van der Waals surface area contributed by atoms with E-state index in [9.17, 15) is 32.7 Å². The van der Waals surface area contributed by atoms with Crippen LogP contribution in [-0.4, -0.2) is 86.5 Å². The van der Waals surface area contributed by atoms with Crippen molar-refractivity contribution in [2.75, 3.05) is 54.5 Å². The molecule has 0 atom stereocenters. The number of nitrogens with one attached hydrogen (secondary N) is 2. The number of alkyl halides is 3. The smallest absolute Gasteiger partial charge is 0.416 e. The third-order valence-corrected chi connectivity index (χ3v) is 8.13. The number of anilines is 3. The zero-order valence-corrected chi connectivity index (χ0v) is 25.5. The van der Waals surface area contributed by atoms with Gasteiger partial charge in [-0.05, 0) is 49.2 Å². The van der Waals surface area contributed by atoms with Crippen LogP contribution in [0.5, 0.6) is 5.75 Å². The van der Waals surface area contributed by atoms with E-state index in [4.69, 9.17) is 4.74 Å². The van der Waals surface area contributed by atoms with Crippen LogP contribution in [0.15, 0.2) is 41.3 Å². The van der Waals surface area contributed by atoms with Gasteiger partial charge in [-0.3, -0.25) is 14.4 Å². The van der Waals surface area contributed by atoms with Gasteiger partial charge in [-0.1, -0.05) is 6.92 Å². The maximum atomic E-state index is 14.0. The van der Waals surface area contributed by atoms with Gasteiger partial charge in [0.1, 0.15) is 12.2 Å². The average molecular weight is 656 g/mol. The lowest BCUT2D eigenvalue weighted by Gasteiger charge is -2.37. The number of benzene rings is 1. The van der Waals surface area contributed by atoms with Gasteiger partial charge in [0.05, 0.1) is 30.5 Å². The van der Waals surface area contributed by atoms with Crippen LogP contribution in [0.2, 0.25) is 0 Å². The first-order chi connectivity index (χ1) is 22.4. The number of aromatic hydroxyl groups is 1. The van der Waals surface area contributed by atoms with Crippen LogP contribution in [0.3, 0.4) is 0 Å². The molecular weight excluding hydrogens is 623 g/mol. The van der Waals surface area contributed by atoms with Gasteiger partial charge in [0, 0.05) is 38.1 Å². The zero-order valence-electron chi connectivity index (χ0n) is 25.5. The minimum absolute atomic E-state index is 0.0372. The number of hydrogen-bond acceptors (Lipinski definition) is 10. The predicted molar refractivity (Wildman–Crippen MR) is 164 cm³/mol. The summed E-state index contributed by atoms with van der Waals surface area (Å²) in [7, 11) is 0. The van der Waals surface area contributed by atoms with E-state index in [1.807, 2.05) is 16.7 Å². The third kappa shape index (κ3) is 6.30. The minimum atomic E-state index is -4.53. The third-order valence-electron chi connectivity index (χ3n) is 8.13. The van der Waals surface area contributed by atoms with Crippen LogP contribution in [0.4, 0.5) is 30.4 Å². The van der Waals surface area contributed by atoms with E-state index in [0.29, 0.717) is 57.3 Å². The Bertz CT molecular complexity index is 1900. The van der Waals surface area contributed by atoms with Crippen LogP contribution in [0.25, 0.3) is 5.78 Å². The number of aryl methyl sites for hydroxylation is 1. The van der Waals surface area contributed by atoms with E-state index in [-0.39, 0.29) is 46.9 Å². The normalized spacial score (nSPS) is 15.5. The molecule has 1 aromatic carbocycles. The highest BCUT2D eigenvalue weighted by molar-refractivity contribution is 5.92. The Balaban J connectivity index is 1.35. The number of hydrogen-bond donors (Lipinski definition) is 3. The summed E-state index contributed by atoms with van der Waals surface area (Å²) in [5.74, 6) is -1.04. The first-order valence-corrected chi connectivity index (χ1v) is 15.0. The molecule has 3 N–H and O–H groups in total. The molecule has 0 unspecified atom stereocenters. The van der Waals surface area contributed by atoms with E-state index in [1.165, 1.54) is 17.6 Å². The molecule has 0 bridgehead atoms. The number of carbonyl (C=O) groups excluding carboxylic acids is 2. The molecule has 17 heteroatoms. The molecule has 4 aromatic rings. The Kier molecular flexibility index (Phi) is 8.48. The number of fused-ring (bicyclic) bond motifs is 1. The summed E-state index contributed by atoms with van der Waals surface area (Å²) in [6.07, 6.45) is -2.66. The molecule has 47 heavy (non-hydrogen) atoms. The molecule has 2 aliphatic heterocycles. The van der Waals surface area contributed by atoms with Crippen molar-refractivity contribution in [1.29, 1.82) is 0 Å². The Morgan fingerprint density at radius 3 is 2.45 bits per heavy atom. The molecule has 0 saturated carbocycles. The molecule has 0 aliphatic carbocycles. The number of ether oxygens (including phenoxy) is 1. The molecule has 2 saturated heterocycles. The van der Waals surface area contributed by atoms with Crippen molar-refractivity contribution in [2.24, 2.45) is 0 Å². The lowest BCUT2D eigenvalue weighted by molar-refractivity contribution is -0.137. The van der Waals surface area contributed by atoms with Crippen molar-refractivity contribution in [1.82, 2.24) is 29.5 Å². The molecule has 0 radical (unpaired) electrons. The lowest BCUT2D eigenvalue weighted by Crippen LogP contribution is -2.49. The Morgan fingerprint density at radius 2 is 1.83 bits per heavy atom. The number of nitrogens with zero attached hydrogens (tertiary/aromatic N) is 7. The fraction of sp³-hybridized carbons (Fsp3) is 0.400. The van der Waals surface area contributed by atoms with Gasteiger partial charge in [0.2, 0.25) is 17.5 Å². The molecule has 5 heterocycles. The summed E-state index contributed by atoms with van der Waals surface area (Å²) in [6, 6.07) is 5.97. The second-order valence-corrected chi connectivity index (χ2v) is 11.3. The standard InChI is InChI=1S/C30H32F3N9O5/c1-3-21-24(39-9-11-40(12-10-39)26-22(43)5-4-8-34-26)28(46)42-29(37-25(38-42)27(45)35-19-15-47-16-19)41(21)14-23(44)36-20-7-6-18(13-17(20)2)30(31,32)33/h4-8,13,19,43H,3,9-12,14-16H2,1-2H3,(H,35,45)(H,36,44). The maximum absolute atomic E-state index is 14.0. The monoisotopic (exact) mass is 655 g/mol. The number of piperazine rings is 1. The zero-order chi connectivity index (χ0) is 33.5. The minimum Gasteiger partial charge on any atom is -0.504 e. The fourth-order valence-electron chi connectivity index (χ4n) is 5.68. The van der Waals surface area contributed by atoms with Gasteiger partial charge in [0.25, 0.3) is 11.5 Å². The molecule has 14 nitrogen and oxygen atoms in total. The largest absolute Gasteiger partial charge is 0.504 e. The summed E-state index contributed by atoms with van der Waals surface area (Å²) in [4.78, 5) is 52.8. The molecule has 248 valence electrons. The Labute approximate surface area is 265 Å². The van der Waals surface area contributed by atoms with Gasteiger partial charge in [-0.2, -0.15) is 22.7 Å². The van der Waals surface area contributed by atoms with Gasteiger partial charge >= 0.3 is 6.18 Å². The Hall–Kier alpha value is -5.19. The highest BCUT2D eigenvalue weighted by atomic mass is 19.4. The number of carbonyl (C=O) groups is 2. The first-order valence-electron chi connectivity index (χ1n) is 15.0. The van der Waals surface area contributed by atoms with Crippen LogP contribution in [-0.2, 0) is 28.7 Å². The van der Waals surface area contributed by atoms with Crippen molar-refractivity contribution >= 4 is 34.8 Å². The van der Waals surface area contributed by atoms with E-state index in [1.54, 1.807) is 18.3 Å². The van der Waals surface area contributed by atoms with Crippen molar-refractivity contribution in [3.63, 3.8) is 0 Å². The SMILES string of the molecule is CCc1c(N2CCN(c3ncccc3O)CC2)c(=O)n2nc(C(=O)NC3COC3)nc2n1CC(=O)Nc1ccc(C(F)(F)F)cc1C.